The lowest BCUT2D eigenvalue weighted by atomic mass is 9.79. The summed E-state index contributed by atoms with van der Waals surface area (Å²) in [5, 5.41) is 0. The quantitative estimate of drug-likeness (QED) is 0.729. The second kappa shape index (κ2) is 4.87. The van der Waals surface area contributed by atoms with Crippen LogP contribution in [0.5, 0.6) is 0 Å². The summed E-state index contributed by atoms with van der Waals surface area (Å²) in [5.41, 5.74) is 2.08. The number of thiophene rings is 1. The van der Waals surface area contributed by atoms with Crippen molar-refractivity contribution in [2.45, 2.75) is 25.2 Å². The number of hydrogen-bond acceptors (Lipinski definition) is 2. The van der Waals surface area contributed by atoms with Gasteiger partial charge >= 0.3 is 0 Å². The van der Waals surface area contributed by atoms with Gasteiger partial charge < -0.3 is 0 Å². The van der Waals surface area contributed by atoms with Crippen molar-refractivity contribution >= 4 is 28.7 Å². The van der Waals surface area contributed by atoms with E-state index in [-0.39, 0.29) is 5.78 Å². The third-order valence-electron chi connectivity index (χ3n) is 3.52. The zero-order valence-corrected chi connectivity index (χ0v) is 11.4. The molecule has 18 heavy (non-hydrogen) atoms. The van der Waals surface area contributed by atoms with Crippen molar-refractivity contribution in [3.63, 3.8) is 0 Å². The van der Waals surface area contributed by atoms with Gasteiger partial charge in [0.25, 0.3) is 0 Å². The molecule has 2 aromatic rings. The van der Waals surface area contributed by atoms with Crippen molar-refractivity contribution in [1.82, 2.24) is 0 Å². The topological polar surface area (TPSA) is 17.1 Å². The van der Waals surface area contributed by atoms with Crippen LogP contribution in [-0.2, 0) is 0 Å². The minimum atomic E-state index is 0.0769. The maximum absolute atomic E-state index is 12.3. The molecule has 3 heteroatoms. The Morgan fingerprint density at radius 2 is 2.06 bits per heavy atom. The molecule has 3 rings (SSSR count). The molecule has 1 aliphatic carbocycles. The van der Waals surface area contributed by atoms with E-state index in [1.807, 2.05) is 18.2 Å². The molecule has 0 bridgehead atoms. The minimum absolute atomic E-state index is 0.0769. The Morgan fingerprint density at radius 3 is 2.67 bits per heavy atom. The highest BCUT2D eigenvalue weighted by atomic mass is 35.5. The molecule has 0 N–H and O–H groups in total. The zero-order chi connectivity index (χ0) is 12.5. The summed E-state index contributed by atoms with van der Waals surface area (Å²) in [5.74, 6) is 0.734. The fraction of sp³-hybridized carbons (Fsp3) is 0.267. The first-order valence-corrected chi connectivity index (χ1v) is 7.33. The maximum Gasteiger partial charge on any atom is 0.203 e. The van der Waals surface area contributed by atoms with Gasteiger partial charge in [-0.3, -0.25) is 4.79 Å². The highest BCUT2D eigenvalue weighted by Crippen LogP contribution is 2.36. The van der Waals surface area contributed by atoms with Crippen LogP contribution in [0, 0.1) is 0 Å². The van der Waals surface area contributed by atoms with Crippen LogP contribution in [0.3, 0.4) is 0 Å². The second-order valence-corrected chi connectivity index (χ2v) is 6.40. The first-order chi connectivity index (χ1) is 8.74. The molecule has 1 nitrogen and oxygen atoms in total. The summed E-state index contributed by atoms with van der Waals surface area (Å²) < 4.78 is 0.661. The standard InChI is InChI=1S/C15H13ClOS/c16-14-8-7-13(18-14)15(17)12-6-2-5-11(9-12)10-3-1-4-10/h2,5-10H,1,3-4H2. The van der Waals surface area contributed by atoms with Gasteiger partial charge in [0.1, 0.15) is 0 Å². The van der Waals surface area contributed by atoms with Crippen molar-refractivity contribution in [3.8, 4) is 0 Å². The molecule has 1 aromatic heterocycles. The third-order valence-corrected chi connectivity index (χ3v) is 4.75. The Kier molecular flexibility index (Phi) is 3.23. The van der Waals surface area contributed by atoms with Crippen molar-refractivity contribution in [1.29, 1.82) is 0 Å². The average Bonchev–Trinajstić information content (AvgIpc) is 2.73. The van der Waals surface area contributed by atoms with Crippen molar-refractivity contribution < 1.29 is 4.79 Å². The predicted molar refractivity (Wildman–Crippen MR) is 75.8 cm³/mol. The Bertz CT molecular complexity index is 584. The molecule has 92 valence electrons. The first kappa shape index (κ1) is 11.9. The number of carbonyl (C=O) groups excluding carboxylic acids is 1. The maximum atomic E-state index is 12.3. The Morgan fingerprint density at radius 1 is 1.22 bits per heavy atom. The first-order valence-electron chi connectivity index (χ1n) is 6.14. The summed E-state index contributed by atoms with van der Waals surface area (Å²) in [6.45, 7) is 0. The van der Waals surface area contributed by atoms with E-state index in [9.17, 15) is 4.79 Å². The fourth-order valence-electron chi connectivity index (χ4n) is 2.25. The Hall–Kier alpha value is -1.12. The van der Waals surface area contributed by atoms with Crippen molar-refractivity contribution in [2.75, 3.05) is 0 Å². The highest BCUT2D eigenvalue weighted by molar-refractivity contribution is 7.18. The molecular formula is C15H13ClOS. The zero-order valence-electron chi connectivity index (χ0n) is 9.86. The largest absolute Gasteiger partial charge is 0.288 e. The van der Waals surface area contributed by atoms with Gasteiger partial charge in [-0.05, 0) is 42.5 Å². The lowest BCUT2D eigenvalue weighted by molar-refractivity contribution is 0.104. The third kappa shape index (κ3) is 2.23. The van der Waals surface area contributed by atoms with Gasteiger partial charge in [-0.1, -0.05) is 36.2 Å². The monoisotopic (exact) mass is 276 g/mol. The molecule has 0 saturated heterocycles. The summed E-state index contributed by atoms with van der Waals surface area (Å²) in [6, 6.07) is 11.6. The normalized spacial score (nSPS) is 15.4. The molecule has 0 amide bonds. The summed E-state index contributed by atoms with van der Waals surface area (Å²) in [7, 11) is 0. The second-order valence-electron chi connectivity index (χ2n) is 4.69. The molecule has 0 unspecified atom stereocenters. The van der Waals surface area contributed by atoms with E-state index >= 15 is 0 Å². The highest BCUT2D eigenvalue weighted by Gasteiger charge is 2.20. The molecule has 1 fully saturated rings. The molecule has 0 radical (unpaired) electrons. The van der Waals surface area contributed by atoms with Gasteiger partial charge in [-0.15, -0.1) is 11.3 Å². The lowest BCUT2D eigenvalue weighted by Gasteiger charge is -2.26. The van der Waals surface area contributed by atoms with Crippen molar-refractivity contribution in [2.24, 2.45) is 0 Å². The van der Waals surface area contributed by atoms with Gasteiger partial charge in [-0.2, -0.15) is 0 Å². The predicted octanol–water partition coefficient (Wildman–Crippen LogP) is 4.90. The Labute approximate surface area is 115 Å². The molecule has 1 saturated carbocycles. The molecule has 0 aliphatic heterocycles. The van der Waals surface area contributed by atoms with Crippen LogP contribution in [0.2, 0.25) is 4.34 Å². The van der Waals surface area contributed by atoms with Crippen LogP contribution in [-0.4, -0.2) is 5.78 Å². The van der Waals surface area contributed by atoms with Crippen LogP contribution in [0.1, 0.15) is 46.0 Å². The van der Waals surface area contributed by atoms with Crippen LogP contribution >= 0.6 is 22.9 Å². The van der Waals surface area contributed by atoms with E-state index in [1.54, 1.807) is 12.1 Å². The molecule has 0 atom stereocenters. The number of rotatable bonds is 3. The lowest BCUT2D eigenvalue weighted by Crippen LogP contribution is -2.09. The average molecular weight is 277 g/mol. The van der Waals surface area contributed by atoms with E-state index in [4.69, 9.17) is 11.6 Å². The van der Waals surface area contributed by atoms with Gasteiger partial charge in [0.2, 0.25) is 5.78 Å². The van der Waals surface area contributed by atoms with Crippen molar-refractivity contribution in [3.05, 3.63) is 56.7 Å². The molecule has 1 aliphatic rings. The van der Waals surface area contributed by atoms with E-state index in [2.05, 4.69) is 6.07 Å². The van der Waals surface area contributed by atoms with Gasteiger partial charge in [0.15, 0.2) is 0 Å². The van der Waals surface area contributed by atoms with E-state index < -0.39 is 0 Å². The number of carbonyl (C=O) groups is 1. The summed E-state index contributed by atoms with van der Waals surface area (Å²) in [6.07, 6.45) is 3.81. The minimum Gasteiger partial charge on any atom is -0.288 e. The van der Waals surface area contributed by atoms with Crippen LogP contribution in [0.25, 0.3) is 0 Å². The number of hydrogen-bond donors (Lipinski definition) is 0. The van der Waals surface area contributed by atoms with Crippen LogP contribution in [0.15, 0.2) is 36.4 Å². The van der Waals surface area contributed by atoms with Gasteiger partial charge in [0.05, 0.1) is 9.21 Å². The summed E-state index contributed by atoms with van der Waals surface area (Å²) in [4.78, 5) is 13.0. The van der Waals surface area contributed by atoms with Gasteiger partial charge in [0, 0.05) is 5.56 Å². The smallest absolute Gasteiger partial charge is 0.203 e. The SMILES string of the molecule is O=C(c1cccc(C2CCC2)c1)c1ccc(Cl)s1. The molecule has 1 heterocycles. The van der Waals surface area contributed by atoms with E-state index in [0.29, 0.717) is 15.1 Å². The Balaban J connectivity index is 1.89. The van der Waals surface area contributed by atoms with E-state index in [0.717, 1.165) is 5.56 Å². The van der Waals surface area contributed by atoms with Crippen LogP contribution < -0.4 is 0 Å². The molecule has 0 spiro atoms. The van der Waals surface area contributed by atoms with Gasteiger partial charge in [-0.25, -0.2) is 0 Å². The number of benzene rings is 1. The van der Waals surface area contributed by atoms with Crippen LogP contribution in [0.4, 0.5) is 0 Å². The summed E-state index contributed by atoms with van der Waals surface area (Å²) >= 11 is 7.21. The molecular weight excluding hydrogens is 264 g/mol. The number of halogens is 1. The number of ketones is 1. The molecule has 1 aromatic carbocycles. The fourth-order valence-corrected chi connectivity index (χ4v) is 3.26. The van der Waals surface area contributed by atoms with E-state index in [1.165, 1.54) is 36.2 Å².